The summed E-state index contributed by atoms with van der Waals surface area (Å²) in [6, 6.07) is 13.5. The van der Waals surface area contributed by atoms with Crippen molar-refractivity contribution in [2.45, 2.75) is 31.0 Å². The number of aromatic nitrogens is 2. The van der Waals surface area contributed by atoms with Gasteiger partial charge in [0.2, 0.25) is 5.91 Å². The van der Waals surface area contributed by atoms with E-state index < -0.39 is 5.92 Å². The molecule has 1 amide bonds. The van der Waals surface area contributed by atoms with Gasteiger partial charge in [-0.1, -0.05) is 48.0 Å². The van der Waals surface area contributed by atoms with Gasteiger partial charge in [-0.15, -0.1) is 6.42 Å². The molecule has 4 rings (SSSR count). The lowest BCUT2D eigenvalue weighted by Gasteiger charge is -2.25. The molecule has 0 saturated carbocycles. The fraction of sp³-hybridized carbons (Fsp3) is 0.240. The number of amides is 1. The number of anilines is 1. The number of rotatable bonds is 7. The number of thioether (sulfide) groups is 1. The molecule has 0 bridgehead atoms. The molecule has 1 aliphatic heterocycles. The number of benzene rings is 2. The number of fused-ring (bicyclic) bond motifs is 1. The van der Waals surface area contributed by atoms with Crippen LogP contribution >= 0.6 is 11.8 Å². The normalized spacial score (nSPS) is 14.7. The van der Waals surface area contributed by atoms with Crippen LogP contribution < -0.4 is 20.3 Å². The van der Waals surface area contributed by atoms with Gasteiger partial charge in [0.15, 0.2) is 16.7 Å². The van der Waals surface area contributed by atoms with E-state index in [-0.39, 0.29) is 23.7 Å². The van der Waals surface area contributed by atoms with E-state index in [0.29, 0.717) is 34.6 Å². The minimum Gasteiger partial charge on any atom is -0.493 e. The Kier molecular flexibility index (Phi) is 6.71. The van der Waals surface area contributed by atoms with Crippen LogP contribution in [0.4, 0.5) is 5.82 Å². The quantitative estimate of drug-likeness (QED) is 0.315. The number of aryl methyl sites for hydroxylation is 1. The van der Waals surface area contributed by atoms with Crippen molar-refractivity contribution in [1.29, 1.82) is 0 Å². The molecule has 2 aromatic carbocycles. The predicted octanol–water partition coefficient (Wildman–Crippen LogP) is 3.87. The summed E-state index contributed by atoms with van der Waals surface area (Å²) < 4.78 is 11.6. The Morgan fingerprint density at radius 2 is 2.03 bits per heavy atom. The summed E-state index contributed by atoms with van der Waals surface area (Å²) in [5.41, 5.74) is 3.10. The van der Waals surface area contributed by atoms with Gasteiger partial charge >= 0.3 is 0 Å². The molecular formula is C25H23N3O4S. The molecule has 0 saturated heterocycles. The average molecular weight is 462 g/mol. The van der Waals surface area contributed by atoms with Gasteiger partial charge in [0.05, 0.1) is 18.4 Å². The van der Waals surface area contributed by atoms with Crippen molar-refractivity contribution in [2.75, 3.05) is 18.2 Å². The van der Waals surface area contributed by atoms with Gasteiger partial charge in [-0.05, 0) is 35.7 Å². The zero-order valence-electron chi connectivity index (χ0n) is 18.3. The third-order valence-electron chi connectivity index (χ3n) is 5.46. The fourth-order valence-electron chi connectivity index (χ4n) is 3.76. The van der Waals surface area contributed by atoms with E-state index in [1.54, 1.807) is 19.2 Å². The van der Waals surface area contributed by atoms with Crippen LogP contribution in [-0.2, 0) is 11.4 Å². The highest BCUT2D eigenvalue weighted by Crippen LogP contribution is 2.38. The molecule has 0 radical (unpaired) electrons. The van der Waals surface area contributed by atoms with E-state index in [1.807, 2.05) is 37.3 Å². The minimum atomic E-state index is -0.462. The number of nitrogens with one attached hydrogen (secondary N) is 2. The second-order valence-electron chi connectivity index (χ2n) is 7.56. The number of H-pyrrole nitrogens is 1. The molecule has 2 heterocycles. The number of terminal acetylenes is 1. The Morgan fingerprint density at radius 3 is 2.79 bits per heavy atom. The number of nitrogens with zero attached hydrogens (tertiary/aromatic N) is 1. The van der Waals surface area contributed by atoms with Crippen LogP contribution in [0.5, 0.6) is 11.5 Å². The maximum Gasteiger partial charge on any atom is 0.257 e. The van der Waals surface area contributed by atoms with Crippen LogP contribution in [0.2, 0.25) is 0 Å². The van der Waals surface area contributed by atoms with Crippen molar-refractivity contribution in [3.05, 3.63) is 75.1 Å². The van der Waals surface area contributed by atoms with Crippen molar-refractivity contribution >= 4 is 23.5 Å². The van der Waals surface area contributed by atoms with Crippen molar-refractivity contribution < 1.29 is 14.3 Å². The second kappa shape index (κ2) is 9.84. The highest BCUT2D eigenvalue weighted by molar-refractivity contribution is 7.99. The van der Waals surface area contributed by atoms with Crippen molar-refractivity contribution in [1.82, 2.24) is 9.97 Å². The molecule has 1 atom stereocenters. The molecule has 2 N–H and O–H groups in total. The lowest BCUT2D eigenvalue weighted by atomic mass is 9.86. The van der Waals surface area contributed by atoms with Crippen LogP contribution in [0.15, 0.2) is 52.4 Å². The Morgan fingerprint density at radius 1 is 1.21 bits per heavy atom. The third-order valence-corrected chi connectivity index (χ3v) is 6.23. The standard InChI is InChI=1S/C25H23N3O4S/c1-4-11-33-25-27-23-22(24(30)28-25)18(13-21(29)26-23)16-9-10-19(20(12-16)31-3)32-14-17-8-6-5-7-15(17)2/h1,5-10,12,18H,11,13-14H2,2-3H3,(H2,26,27,28,29,30)/t18-/m0/s1. The monoisotopic (exact) mass is 461 g/mol. The zero-order valence-corrected chi connectivity index (χ0v) is 19.1. The van der Waals surface area contributed by atoms with E-state index >= 15 is 0 Å². The fourth-order valence-corrected chi connectivity index (χ4v) is 4.30. The third kappa shape index (κ3) is 4.89. The van der Waals surface area contributed by atoms with Gasteiger partial charge in [-0.2, -0.15) is 0 Å². The highest BCUT2D eigenvalue weighted by Gasteiger charge is 2.31. The molecule has 7 nitrogen and oxygen atoms in total. The summed E-state index contributed by atoms with van der Waals surface area (Å²) >= 11 is 1.23. The number of carbonyl (C=O) groups excluding carboxylic acids is 1. The molecule has 0 aliphatic carbocycles. The summed E-state index contributed by atoms with van der Waals surface area (Å²) in [5, 5.41) is 3.08. The molecule has 8 heteroatoms. The zero-order chi connectivity index (χ0) is 23.4. The maximum atomic E-state index is 12.9. The maximum absolute atomic E-state index is 12.9. The lowest BCUT2D eigenvalue weighted by molar-refractivity contribution is -0.116. The topological polar surface area (TPSA) is 93.3 Å². The largest absolute Gasteiger partial charge is 0.493 e. The van der Waals surface area contributed by atoms with Crippen LogP contribution in [0.1, 0.15) is 34.6 Å². The Balaban J connectivity index is 1.64. The number of methoxy groups -OCH3 is 1. The SMILES string of the molecule is C#CCSc1nc2c(c(=O)[nH]1)[C@H](c1ccc(OCc3ccccc3C)c(OC)c1)CC(=O)N2. The molecule has 3 aromatic rings. The number of aromatic amines is 1. The number of hydrogen-bond acceptors (Lipinski definition) is 6. The number of ether oxygens (including phenoxy) is 2. The smallest absolute Gasteiger partial charge is 0.257 e. The van der Waals surface area contributed by atoms with E-state index in [0.717, 1.165) is 16.7 Å². The number of hydrogen-bond donors (Lipinski definition) is 2. The van der Waals surface area contributed by atoms with Gasteiger partial charge in [0.25, 0.3) is 5.56 Å². The minimum absolute atomic E-state index is 0.126. The van der Waals surface area contributed by atoms with Crippen LogP contribution in [0, 0.1) is 19.3 Å². The first-order chi connectivity index (χ1) is 16.0. The van der Waals surface area contributed by atoms with Crippen molar-refractivity contribution in [2.24, 2.45) is 0 Å². The molecule has 0 unspecified atom stereocenters. The van der Waals surface area contributed by atoms with Gasteiger partial charge in [-0.25, -0.2) is 4.98 Å². The first kappa shape index (κ1) is 22.5. The molecule has 1 aromatic heterocycles. The highest BCUT2D eigenvalue weighted by atomic mass is 32.2. The Labute approximate surface area is 195 Å². The van der Waals surface area contributed by atoms with Gasteiger partial charge in [-0.3, -0.25) is 9.59 Å². The van der Waals surface area contributed by atoms with E-state index in [4.69, 9.17) is 15.9 Å². The summed E-state index contributed by atoms with van der Waals surface area (Å²) in [4.78, 5) is 32.4. The summed E-state index contributed by atoms with van der Waals surface area (Å²) in [6.45, 7) is 2.44. The first-order valence-electron chi connectivity index (χ1n) is 10.4. The summed E-state index contributed by atoms with van der Waals surface area (Å²) in [5.74, 6) is 3.55. The number of carbonyl (C=O) groups is 1. The van der Waals surface area contributed by atoms with Crippen LogP contribution in [0.25, 0.3) is 0 Å². The molecule has 0 spiro atoms. The van der Waals surface area contributed by atoms with Crippen LogP contribution in [-0.4, -0.2) is 28.7 Å². The molecular weight excluding hydrogens is 438 g/mol. The molecule has 33 heavy (non-hydrogen) atoms. The van der Waals surface area contributed by atoms with Crippen LogP contribution in [0.3, 0.4) is 0 Å². The van der Waals surface area contributed by atoms with E-state index in [2.05, 4.69) is 21.2 Å². The summed E-state index contributed by atoms with van der Waals surface area (Å²) in [6.07, 6.45) is 5.42. The average Bonchev–Trinajstić information content (AvgIpc) is 2.81. The Bertz CT molecular complexity index is 1300. The first-order valence-corrected chi connectivity index (χ1v) is 11.3. The van der Waals surface area contributed by atoms with Gasteiger partial charge < -0.3 is 19.8 Å². The van der Waals surface area contributed by atoms with E-state index in [1.165, 1.54) is 11.8 Å². The second-order valence-corrected chi connectivity index (χ2v) is 8.52. The van der Waals surface area contributed by atoms with Crippen molar-refractivity contribution in [3.63, 3.8) is 0 Å². The Hall–Kier alpha value is -3.70. The molecule has 0 fully saturated rings. The van der Waals surface area contributed by atoms with Gasteiger partial charge in [0.1, 0.15) is 12.4 Å². The van der Waals surface area contributed by atoms with Gasteiger partial charge in [0, 0.05) is 12.3 Å². The van der Waals surface area contributed by atoms with Crippen molar-refractivity contribution in [3.8, 4) is 23.8 Å². The predicted molar refractivity (Wildman–Crippen MR) is 128 cm³/mol. The molecule has 1 aliphatic rings. The molecule has 168 valence electrons. The van der Waals surface area contributed by atoms with E-state index in [9.17, 15) is 9.59 Å². The lowest BCUT2D eigenvalue weighted by Crippen LogP contribution is -2.31. The summed E-state index contributed by atoms with van der Waals surface area (Å²) in [7, 11) is 1.56.